The van der Waals surface area contributed by atoms with Crippen LogP contribution in [0.4, 0.5) is 13.2 Å². The lowest BCUT2D eigenvalue weighted by Crippen LogP contribution is -2.47. The smallest absolute Gasteiger partial charge is 0.417 e. The average Bonchev–Trinajstić information content (AvgIpc) is 2.69. The van der Waals surface area contributed by atoms with Crippen LogP contribution in [-0.4, -0.2) is 33.5 Å². The molecule has 2 aromatic rings. The van der Waals surface area contributed by atoms with Crippen LogP contribution in [0.15, 0.2) is 36.5 Å². The number of pyridine rings is 1. The van der Waals surface area contributed by atoms with Gasteiger partial charge in [0.05, 0.1) is 22.3 Å². The van der Waals surface area contributed by atoms with Gasteiger partial charge < -0.3 is 5.11 Å². The van der Waals surface area contributed by atoms with Gasteiger partial charge in [-0.3, -0.25) is 14.7 Å². The van der Waals surface area contributed by atoms with Crippen LogP contribution >= 0.6 is 11.6 Å². The summed E-state index contributed by atoms with van der Waals surface area (Å²) in [5, 5.41) is 9.31. The summed E-state index contributed by atoms with van der Waals surface area (Å²) in [7, 11) is 0. The Balaban J connectivity index is 2.13. The fraction of sp³-hybridized carbons (Fsp3) is 0.429. The molecule has 1 aromatic heterocycles. The molecule has 1 aromatic carbocycles. The number of piperidine rings is 1. The van der Waals surface area contributed by atoms with Crippen molar-refractivity contribution in [3.05, 3.63) is 63.9 Å². The monoisotopic (exact) mass is 426 g/mol. The van der Waals surface area contributed by atoms with Gasteiger partial charge in [0, 0.05) is 6.20 Å². The summed E-state index contributed by atoms with van der Waals surface area (Å²) < 4.78 is 40.3. The summed E-state index contributed by atoms with van der Waals surface area (Å²) in [4.78, 5) is 18.0. The number of halogens is 4. The molecule has 1 aliphatic rings. The molecular weight excluding hydrogens is 405 g/mol. The maximum absolute atomic E-state index is 13.4. The van der Waals surface area contributed by atoms with Gasteiger partial charge in [0.25, 0.3) is 0 Å². The minimum atomic E-state index is -4.61. The summed E-state index contributed by atoms with van der Waals surface area (Å²) in [6, 6.07) is 5.88. The second-order valence-corrected chi connectivity index (χ2v) is 7.58. The minimum Gasteiger partial charge on any atom is -0.480 e. The van der Waals surface area contributed by atoms with E-state index >= 15 is 0 Å². The third-order valence-electron chi connectivity index (χ3n) is 5.31. The number of aromatic nitrogens is 1. The molecule has 8 heteroatoms. The molecule has 0 bridgehead atoms. The lowest BCUT2D eigenvalue weighted by Gasteiger charge is -2.39. The molecule has 156 valence electrons. The molecule has 0 amide bonds. The Labute approximate surface area is 172 Å². The van der Waals surface area contributed by atoms with E-state index in [1.165, 1.54) is 12.1 Å². The number of hydrogen-bond donors (Lipinski definition) is 1. The van der Waals surface area contributed by atoms with E-state index in [0.717, 1.165) is 30.9 Å². The van der Waals surface area contributed by atoms with Crippen molar-refractivity contribution in [1.82, 2.24) is 9.88 Å². The Hall–Kier alpha value is -2.12. The number of benzene rings is 1. The van der Waals surface area contributed by atoms with Crippen LogP contribution in [0, 0.1) is 0 Å². The first-order valence-corrected chi connectivity index (χ1v) is 9.90. The van der Waals surface area contributed by atoms with Crippen LogP contribution in [-0.2, 0) is 17.4 Å². The molecule has 0 saturated carbocycles. The molecular formula is C21H22ClF3N2O2. The molecule has 0 spiro atoms. The number of carboxylic acid groups (broad SMARTS) is 1. The van der Waals surface area contributed by atoms with Crippen molar-refractivity contribution in [2.75, 3.05) is 6.54 Å². The normalized spacial score (nSPS) is 19.1. The molecule has 1 fully saturated rings. The highest BCUT2D eigenvalue weighted by atomic mass is 35.5. The van der Waals surface area contributed by atoms with E-state index in [9.17, 15) is 23.1 Å². The SMILES string of the molecule is CCc1ccc(C(c2ccc(Cl)c(C(F)(F)F)c2)N2CCCCC2C(=O)O)nc1. The number of aryl methyl sites for hydroxylation is 1. The predicted molar refractivity (Wildman–Crippen MR) is 104 cm³/mol. The van der Waals surface area contributed by atoms with Gasteiger partial charge >= 0.3 is 12.1 Å². The van der Waals surface area contributed by atoms with Crippen LogP contribution in [0.3, 0.4) is 0 Å². The molecule has 0 aliphatic carbocycles. The van der Waals surface area contributed by atoms with Crippen molar-refractivity contribution in [3.63, 3.8) is 0 Å². The summed E-state index contributed by atoms with van der Waals surface area (Å²) in [5.74, 6) is -0.982. The standard InChI is InChI=1S/C21H22ClF3N2O2/c1-2-13-6-9-17(26-12-13)19(27-10-4-3-5-18(27)20(28)29)14-7-8-16(22)15(11-14)21(23,24)25/h6-9,11-12,18-19H,2-5,10H2,1H3,(H,28,29). The van der Waals surface area contributed by atoms with Crippen LogP contribution in [0.25, 0.3) is 0 Å². The van der Waals surface area contributed by atoms with E-state index in [4.69, 9.17) is 11.6 Å². The third-order valence-corrected chi connectivity index (χ3v) is 5.64. The Morgan fingerprint density at radius 1 is 1.31 bits per heavy atom. The van der Waals surface area contributed by atoms with Crippen LogP contribution in [0.2, 0.25) is 5.02 Å². The highest BCUT2D eigenvalue weighted by Crippen LogP contribution is 2.39. The minimum absolute atomic E-state index is 0.326. The zero-order valence-electron chi connectivity index (χ0n) is 15.9. The van der Waals surface area contributed by atoms with E-state index in [-0.39, 0.29) is 5.02 Å². The summed E-state index contributed by atoms with van der Waals surface area (Å²) in [6.45, 7) is 2.44. The molecule has 1 N–H and O–H groups in total. The molecule has 2 unspecified atom stereocenters. The second kappa shape index (κ2) is 8.71. The van der Waals surface area contributed by atoms with Crippen molar-refractivity contribution < 1.29 is 23.1 Å². The Morgan fingerprint density at radius 3 is 2.66 bits per heavy atom. The van der Waals surface area contributed by atoms with Gasteiger partial charge in [0.1, 0.15) is 6.04 Å². The van der Waals surface area contributed by atoms with Crippen molar-refractivity contribution >= 4 is 17.6 Å². The van der Waals surface area contributed by atoms with Gasteiger partial charge in [0.2, 0.25) is 0 Å². The summed E-state index contributed by atoms with van der Waals surface area (Å²) in [5.41, 5.74) is 0.904. The highest BCUT2D eigenvalue weighted by Gasteiger charge is 2.38. The second-order valence-electron chi connectivity index (χ2n) is 7.17. The van der Waals surface area contributed by atoms with E-state index in [2.05, 4.69) is 4.98 Å². The van der Waals surface area contributed by atoms with Crippen LogP contribution < -0.4 is 0 Å². The van der Waals surface area contributed by atoms with Crippen molar-refractivity contribution in [2.24, 2.45) is 0 Å². The van der Waals surface area contributed by atoms with Gasteiger partial charge in [-0.25, -0.2) is 0 Å². The van der Waals surface area contributed by atoms with Crippen molar-refractivity contribution in [2.45, 2.75) is 50.9 Å². The maximum atomic E-state index is 13.4. The Bertz CT molecular complexity index is 871. The number of carbonyl (C=O) groups is 1. The first-order chi connectivity index (χ1) is 13.7. The third kappa shape index (κ3) is 4.73. The largest absolute Gasteiger partial charge is 0.480 e. The predicted octanol–water partition coefficient (Wildman–Crippen LogP) is 5.34. The number of alkyl halides is 3. The summed E-state index contributed by atoms with van der Waals surface area (Å²) in [6.07, 6.45) is -0.172. The number of rotatable bonds is 5. The number of nitrogens with zero attached hydrogens (tertiary/aromatic N) is 2. The van der Waals surface area contributed by atoms with Gasteiger partial charge in [-0.1, -0.05) is 37.1 Å². The van der Waals surface area contributed by atoms with E-state index in [1.54, 1.807) is 17.2 Å². The van der Waals surface area contributed by atoms with E-state index in [1.807, 2.05) is 13.0 Å². The van der Waals surface area contributed by atoms with Crippen LogP contribution in [0.5, 0.6) is 0 Å². The van der Waals surface area contributed by atoms with Crippen molar-refractivity contribution in [3.8, 4) is 0 Å². The molecule has 2 heterocycles. The molecule has 2 atom stereocenters. The summed E-state index contributed by atoms with van der Waals surface area (Å²) >= 11 is 5.79. The van der Waals surface area contributed by atoms with Gasteiger partial charge in [-0.15, -0.1) is 0 Å². The Kier molecular flexibility index (Phi) is 6.49. The first-order valence-electron chi connectivity index (χ1n) is 9.52. The lowest BCUT2D eigenvalue weighted by molar-refractivity contribution is -0.145. The number of hydrogen-bond acceptors (Lipinski definition) is 3. The zero-order valence-corrected chi connectivity index (χ0v) is 16.7. The molecule has 29 heavy (non-hydrogen) atoms. The zero-order chi connectivity index (χ0) is 21.2. The number of carboxylic acids is 1. The topological polar surface area (TPSA) is 53.4 Å². The van der Waals surface area contributed by atoms with Crippen molar-refractivity contribution in [1.29, 1.82) is 0 Å². The van der Waals surface area contributed by atoms with E-state index < -0.39 is 29.8 Å². The average molecular weight is 427 g/mol. The quantitative estimate of drug-likeness (QED) is 0.700. The van der Waals surface area contributed by atoms with Crippen LogP contribution in [0.1, 0.15) is 54.6 Å². The van der Waals surface area contributed by atoms with E-state index in [0.29, 0.717) is 24.2 Å². The number of likely N-dealkylation sites (tertiary alicyclic amines) is 1. The Morgan fingerprint density at radius 2 is 2.07 bits per heavy atom. The van der Waals surface area contributed by atoms with Gasteiger partial charge in [-0.05, 0) is 55.1 Å². The highest BCUT2D eigenvalue weighted by molar-refractivity contribution is 6.31. The van der Waals surface area contributed by atoms with Gasteiger partial charge in [-0.2, -0.15) is 13.2 Å². The number of aliphatic carboxylic acids is 1. The molecule has 1 saturated heterocycles. The fourth-order valence-electron chi connectivity index (χ4n) is 3.80. The molecule has 1 aliphatic heterocycles. The maximum Gasteiger partial charge on any atom is 0.417 e. The molecule has 4 nitrogen and oxygen atoms in total. The fourth-order valence-corrected chi connectivity index (χ4v) is 4.02. The molecule has 3 rings (SSSR count). The first kappa shape index (κ1) is 21.6. The lowest BCUT2D eigenvalue weighted by atomic mass is 9.93. The van der Waals surface area contributed by atoms with Gasteiger partial charge in [0.15, 0.2) is 0 Å². The molecule has 0 radical (unpaired) electrons.